The number of carbonyl (C=O) groups excluding carboxylic acids is 1. The van der Waals surface area contributed by atoms with E-state index in [4.69, 9.17) is 9.73 Å². The van der Waals surface area contributed by atoms with Gasteiger partial charge in [0.1, 0.15) is 0 Å². The van der Waals surface area contributed by atoms with Crippen LogP contribution in [-0.2, 0) is 23.2 Å². The van der Waals surface area contributed by atoms with Crippen LogP contribution in [0.4, 0.5) is 5.69 Å². The molecule has 0 heterocycles. The van der Waals surface area contributed by atoms with Crippen molar-refractivity contribution in [3.05, 3.63) is 30.3 Å². The first-order valence-electron chi connectivity index (χ1n) is 6.00. The van der Waals surface area contributed by atoms with Gasteiger partial charge in [-0.25, -0.2) is 14.4 Å². The number of hydroxylamine groups is 1. The number of hydrogen-bond acceptors (Lipinski definition) is 6. The standard InChI is InChI=1S/C12H18NO6P/c1-4-18-13(11-8-6-5-7-9-11)10(2)12(14)19-20(15,16)17-3/h5-10H,4H2,1-3H3,(H,15,16)/t10-/m0/s1. The normalized spacial score (nSPS) is 15.2. The number of hydrogen-bond donors (Lipinski definition) is 1. The average molecular weight is 303 g/mol. The van der Waals surface area contributed by atoms with Crippen molar-refractivity contribution >= 4 is 19.5 Å². The first kappa shape index (κ1) is 16.7. The van der Waals surface area contributed by atoms with Crippen molar-refractivity contribution in [2.75, 3.05) is 18.8 Å². The summed E-state index contributed by atoms with van der Waals surface area (Å²) in [6, 6.07) is 7.97. The lowest BCUT2D eigenvalue weighted by Crippen LogP contribution is -2.40. The number of anilines is 1. The molecule has 20 heavy (non-hydrogen) atoms. The third-order valence-corrected chi connectivity index (χ3v) is 3.28. The molecule has 2 atom stereocenters. The predicted octanol–water partition coefficient (Wildman–Crippen LogP) is 2.12. The molecular formula is C12H18NO6P. The van der Waals surface area contributed by atoms with Gasteiger partial charge >= 0.3 is 13.8 Å². The molecule has 0 radical (unpaired) electrons. The molecule has 1 N–H and O–H groups in total. The van der Waals surface area contributed by atoms with E-state index in [0.717, 1.165) is 7.11 Å². The van der Waals surface area contributed by atoms with Crippen molar-refractivity contribution in [1.29, 1.82) is 0 Å². The number of para-hydroxylation sites is 1. The summed E-state index contributed by atoms with van der Waals surface area (Å²) in [7, 11) is -3.38. The monoisotopic (exact) mass is 303 g/mol. The summed E-state index contributed by atoms with van der Waals surface area (Å²) in [5.74, 6) is -0.921. The number of rotatable bonds is 7. The maximum Gasteiger partial charge on any atom is 0.529 e. The minimum Gasteiger partial charge on any atom is -0.369 e. The van der Waals surface area contributed by atoms with E-state index in [1.807, 2.05) is 6.07 Å². The Morgan fingerprint density at radius 2 is 2.00 bits per heavy atom. The first-order chi connectivity index (χ1) is 9.41. The van der Waals surface area contributed by atoms with Gasteiger partial charge in [-0.05, 0) is 26.0 Å². The van der Waals surface area contributed by atoms with E-state index in [2.05, 4.69) is 9.05 Å². The van der Waals surface area contributed by atoms with Crippen LogP contribution >= 0.6 is 7.82 Å². The molecule has 112 valence electrons. The van der Waals surface area contributed by atoms with Crippen molar-refractivity contribution in [2.24, 2.45) is 0 Å². The molecule has 1 aromatic rings. The van der Waals surface area contributed by atoms with Gasteiger partial charge < -0.3 is 4.52 Å². The van der Waals surface area contributed by atoms with Crippen molar-refractivity contribution in [3.8, 4) is 0 Å². The van der Waals surface area contributed by atoms with E-state index in [1.54, 1.807) is 31.2 Å². The quantitative estimate of drug-likeness (QED) is 0.610. The second-order valence-corrected chi connectivity index (χ2v) is 5.30. The van der Waals surface area contributed by atoms with Crippen LogP contribution < -0.4 is 5.06 Å². The summed E-state index contributed by atoms with van der Waals surface area (Å²) >= 11 is 0. The van der Waals surface area contributed by atoms with Crippen molar-refractivity contribution in [1.82, 2.24) is 0 Å². The minimum absolute atomic E-state index is 0.327. The zero-order valence-corrected chi connectivity index (χ0v) is 12.4. The molecule has 0 aromatic heterocycles. The summed E-state index contributed by atoms with van der Waals surface area (Å²) in [5, 5.41) is 1.32. The summed E-state index contributed by atoms with van der Waals surface area (Å²) < 4.78 is 19.9. The first-order valence-corrected chi connectivity index (χ1v) is 7.50. The maximum atomic E-state index is 11.9. The van der Waals surface area contributed by atoms with E-state index in [9.17, 15) is 9.36 Å². The highest BCUT2D eigenvalue weighted by Crippen LogP contribution is 2.42. The van der Waals surface area contributed by atoms with Crippen molar-refractivity contribution < 1.29 is 28.1 Å². The fourth-order valence-electron chi connectivity index (χ4n) is 1.45. The Morgan fingerprint density at radius 3 is 2.50 bits per heavy atom. The maximum absolute atomic E-state index is 11.9. The van der Waals surface area contributed by atoms with Crippen LogP contribution in [0.15, 0.2) is 30.3 Å². The van der Waals surface area contributed by atoms with Crippen LogP contribution in [0.25, 0.3) is 0 Å². The fraction of sp³-hybridized carbons (Fsp3) is 0.417. The summed E-state index contributed by atoms with van der Waals surface area (Å²) in [4.78, 5) is 26.4. The summed E-state index contributed by atoms with van der Waals surface area (Å²) in [6.07, 6.45) is 0. The molecule has 1 unspecified atom stereocenters. The molecular weight excluding hydrogens is 285 g/mol. The molecule has 0 spiro atoms. The van der Waals surface area contributed by atoms with Gasteiger partial charge in [0.15, 0.2) is 6.04 Å². The predicted molar refractivity (Wildman–Crippen MR) is 72.9 cm³/mol. The number of phosphoric ester groups is 1. The Labute approximate surface area is 117 Å². The highest BCUT2D eigenvalue weighted by atomic mass is 31.2. The lowest BCUT2D eigenvalue weighted by molar-refractivity contribution is -0.139. The molecule has 1 aromatic carbocycles. The SMILES string of the molecule is CCON(c1ccccc1)[C@@H](C)C(=O)OP(=O)(O)OC. The second kappa shape index (κ2) is 7.40. The van der Waals surface area contributed by atoms with Crippen LogP contribution in [0.1, 0.15) is 13.8 Å². The minimum atomic E-state index is -4.37. The van der Waals surface area contributed by atoms with Crippen LogP contribution in [0, 0.1) is 0 Å². The summed E-state index contributed by atoms with van der Waals surface area (Å²) in [5.41, 5.74) is 0.629. The summed E-state index contributed by atoms with van der Waals surface area (Å²) in [6.45, 7) is 3.59. The Bertz CT molecular complexity index is 480. The molecule has 0 saturated heterocycles. The van der Waals surface area contributed by atoms with E-state index >= 15 is 0 Å². The van der Waals surface area contributed by atoms with Gasteiger partial charge in [-0.1, -0.05) is 18.2 Å². The lowest BCUT2D eigenvalue weighted by Gasteiger charge is -2.28. The van der Waals surface area contributed by atoms with Crippen LogP contribution in [0.5, 0.6) is 0 Å². The highest BCUT2D eigenvalue weighted by Gasteiger charge is 2.31. The third-order valence-electron chi connectivity index (χ3n) is 2.41. The smallest absolute Gasteiger partial charge is 0.369 e. The Balaban J connectivity index is 2.87. The number of carbonyl (C=O) groups is 1. The van der Waals surface area contributed by atoms with Crippen LogP contribution in [0.3, 0.4) is 0 Å². The van der Waals surface area contributed by atoms with E-state index in [0.29, 0.717) is 12.3 Å². The largest absolute Gasteiger partial charge is 0.529 e. The van der Waals surface area contributed by atoms with Gasteiger partial charge in [-0.3, -0.25) is 14.3 Å². The van der Waals surface area contributed by atoms with E-state index in [-0.39, 0.29) is 0 Å². The Kier molecular flexibility index (Phi) is 6.16. The molecule has 0 aliphatic carbocycles. The van der Waals surface area contributed by atoms with Crippen molar-refractivity contribution in [3.63, 3.8) is 0 Å². The highest BCUT2D eigenvalue weighted by molar-refractivity contribution is 7.48. The van der Waals surface area contributed by atoms with Gasteiger partial charge in [0.2, 0.25) is 0 Å². The molecule has 0 aliphatic heterocycles. The molecule has 7 nitrogen and oxygen atoms in total. The molecule has 0 fully saturated rings. The molecule has 0 aliphatic rings. The van der Waals surface area contributed by atoms with E-state index < -0.39 is 19.8 Å². The fourth-order valence-corrected chi connectivity index (χ4v) is 1.90. The number of nitrogens with zero attached hydrogens (tertiary/aromatic N) is 1. The van der Waals surface area contributed by atoms with Gasteiger partial charge in [0.05, 0.1) is 12.3 Å². The molecule has 0 saturated carbocycles. The van der Waals surface area contributed by atoms with E-state index in [1.165, 1.54) is 12.0 Å². The van der Waals surface area contributed by atoms with Gasteiger partial charge in [0.25, 0.3) is 0 Å². The molecule has 0 bridgehead atoms. The second-order valence-electron chi connectivity index (χ2n) is 3.82. The topological polar surface area (TPSA) is 85.3 Å². The zero-order chi connectivity index (χ0) is 15.2. The van der Waals surface area contributed by atoms with Gasteiger partial charge in [-0.2, -0.15) is 0 Å². The third kappa shape index (κ3) is 4.61. The van der Waals surface area contributed by atoms with Crippen LogP contribution in [0.2, 0.25) is 0 Å². The molecule has 8 heteroatoms. The van der Waals surface area contributed by atoms with Crippen LogP contribution in [-0.4, -0.2) is 30.6 Å². The lowest BCUT2D eigenvalue weighted by atomic mass is 10.2. The average Bonchev–Trinajstić information content (AvgIpc) is 2.44. The molecule has 0 amide bonds. The zero-order valence-electron chi connectivity index (χ0n) is 11.6. The van der Waals surface area contributed by atoms with Gasteiger partial charge in [-0.15, -0.1) is 0 Å². The Morgan fingerprint density at radius 1 is 1.40 bits per heavy atom. The van der Waals surface area contributed by atoms with Crippen molar-refractivity contribution in [2.45, 2.75) is 19.9 Å². The molecule has 1 rings (SSSR count). The number of phosphoric acid groups is 1. The number of benzene rings is 1. The van der Waals surface area contributed by atoms with Gasteiger partial charge in [0, 0.05) is 7.11 Å². The Hall–Kier alpha value is -1.40.